The molecule has 2 aromatic carbocycles. The number of amides is 1. The topological polar surface area (TPSA) is 54.5 Å². The van der Waals surface area contributed by atoms with Crippen LogP contribution in [0.3, 0.4) is 0 Å². The van der Waals surface area contributed by atoms with E-state index < -0.39 is 0 Å². The predicted octanol–water partition coefficient (Wildman–Crippen LogP) is 5.95. The lowest BCUT2D eigenvalue weighted by Crippen LogP contribution is -2.39. The number of nitrogens with zero attached hydrogens (tertiary/aromatic N) is 2. The van der Waals surface area contributed by atoms with E-state index in [4.69, 9.17) is 9.72 Å². The minimum Gasteiger partial charge on any atom is -0.481 e. The molecule has 1 aliphatic heterocycles. The minimum absolute atomic E-state index is 0.0565. The van der Waals surface area contributed by atoms with Gasteiger partial charge in [-0.05, 0) is 75.8 Å². The van der Waals surface area contributed by atoms with E-state index in [2.05, 4.69) is 48.3 Å². The fourth-order valence-corrected chi connectivity index (χ4v) is 4.81. The molecule has 168 valence electrons. The van der Waals surface area contributed by atoms with Gasteiger partial charge < -0.3 is 15.0 Å². The van der Waals surface area contributed by atoms with Gasteiger partial charge in [-0.2, -0.15) is 0 Å². The minimum atomic E-state index is -0.171. The monoisotopic (exact) mass is 431 g/mol. The Bertz CT molecular complexity index is 1100. The number of carbonyl (C=O) groups excluding carboxylic acids is 1. The molecule has 4 rings (SSSR count). The normalized spacial score (nSPS) is 16.2. The van der Waals surface area contributed by atoms with E-state index in [0.29, 0.717) is 11.8 Å². The van der Waals surface area contributed by atoms with Crippen molar-refractivity contribution in [2.75, 3.05) is 23.4 Å². The van der Waals surface area contributed by atoms with Crippen LogP contribution in [0.25, 0.3) is 10.9 Å². The van der Waals surface area contributed by atoms with Crippen molar-refractivity contribution >= 4 is 28.3 Å². The van der Waals surface area contributed by atoms with Gasteiger partial charge in [0.25, 0.3) is 5.91 Å². The summed E-state index contributed by atoms with van der Waals surface area (Å²) in [7, 11) is 0. The average molecular weight is 432 g/mol. The third-order valence-electron chi connectivity index (χ3n) is 6.36. The Labute approximate surface area is 190 Å². The Hall–Kier alpha value is -3.08. The largest absolute Gasteiger partial charge is 0.481 e. The summed E-state index contributed by atoms with van der Waals surface area (Å²) in [5.74, 6) is 1.47. The number of aromatic nitrogens is 1. The first kappa shape index (κ1) is 22.1. The molecule has 0 spiro atoms. The molecule has 1 fully saturated rings. The summed E-state index contributed by atoms with van der Waals surface area (Å²) < 4.78 is 5.96. The van der Waals surface area contributed by atoms with Gasteiger partial charge in [-0.3, -0.25) is 4.79 Å². The Balaban J connectivity index is 1.52. The smallest absolute Gasteiger partial charge is 0.262 e. The van der Waals surface area contributed by atoms with Gasteiger partial charge in [0.2, 0.25) is 0 Å². The summed E-state index contributed by atoms with van der Waals surface area (Å²) in [6.07, 6.45) is 4.82. The molecule has 1 aliphatic rings. The van der Waals surface area contributed by atoms with Crippen LogP contribution < -0.4 is 15.0 Å². The number of nitrogens with one attached hydrogen (secondary N) is 1. The molecule has 0 radical (unpaired) electrons. The summed E-state index contributed by atoms with van der Waals surface area (Å²) in [6.45, 7) is 9.31. The van der Waals surface area contributed by atoms with Crippen molar-refractivity contribution in [3.8, 4) is 5.75 Å². The lowest BCUT2D eigenvalue weighted by Gasteiger charge is -2.36. The Kier molecular flexibility index (Phi) is 6.63. The first-order valence-electron chi connectivity index (χ1n) is 11.6. The van der Waals surface area contributed by atoms with Crippen molar-refractivity contribution < 1.29 is 9.53 Å². The van der Waals surface area contributed by atoms with Gasteiger partial charge in [0, 0.05) is 23.7 Å². The van der Waals surface area contributed by atoms with Crippen LogP contribution in [0.5, 0.6) is 5.75 Å². The molecule has 5 nitrogen and oxygen atoms in total. The van der Waals surface area contributed by atoms with E-state index in [9.17, 15) is 4.79 Å². The lowest BCUT2D eigenvalue weighted by molar-refractivity contribution is -0.118. The summed E-state index contributed by atoms with van der Waals surface area (Å²) in [5, 5.41) is 4.02. The van der Waals surface area contributed by atoms with Crippen molar-refractivity contribution in [2.24, 2.45) is 0 Å². The van der Waals surface area contributed by atoms with E-state index in [0.717, 1.165) is 46.5 Å². The highest BCUT2D eigenvalue weighted by Gasteiger charge is 2.22. The number of benzene rings is 2. The van der Waals surface area contributed by atoms with Gasteiger partial charge in [-0.1, -0.05) is 36.8 Å². The lowest BCUT2D eigenvalue weighted by atomic mass is 10.00. The van der Waals surface area contributed by atoms with E-state index in [-0.39, 0.29) is 12.5 Å². The molecule has 3 aromatic rings. The first-order valence-corrected chi connectivity index (χ1v) is 11.6. The molecule has 2 heterocycles. The van der Waals surface area contributed by atoms with Crippen molar-refractivity contribution in [1.82, 2.24) is 4.98 Å². The molecule has 1 amide bonds. The second-order valence-electron chi connectivity index (χ2n) is 8.86. The average Bonchev–Trinajstić information content (AvgIpc) is 2.79. The highest BCUT2D eigenvalue weighted by atomic mass is 16.5. The summed E-state index contributed by atoms with van der Waals surface area (Å²) in [4.78, 5) is 20.0. The Morgan fingerprint density at radius 3 is 2.66 bits per heavy atom. The number of piperidine rings is 1. The maximum atomic E-state index is 12.6. The standard InChI is InChI=1S/C27H33N3O2/c1-5-22-10-6-7-14-30(22)24-13-12-21-9-8-11-23(27(21)28-24)32-17-25(31)29-26-19(3)15-18(2)16-20(26)4/h8-9,11-13,15-16,22H,5-7,10,14,17H2,1-4H3,(H,29,31). The van der Waals surface area contributed by atoms with Crippen LogP contribution in [0.4, 0.5) is 11.5 Å². The van der Waals surface area contributed by atoms with Crippen molar-refractivity contribution in [3.05, 3.63) is 59.2 Å². The summed E-state index contributed by atoms with van der Waals surface area (Å²) in [5.41, 5.74) is 4.96. The number of para-hydroxylation sites is 1. The van der Waals surface area contributed by atoms with Crippen LogP contribution in [0.2, 0.25) is 0 Å². The number of rotatable bonds is 6. The van der Waals surface area contributed by atoms with E-state index >= 15 is 0 Å². The van der Waals surface area contributed by atoms with Crippen LogP contribution in [-0.4, -0.2) is 30.1 Å². The van der Waals surface area contributed by atoms with Gasteiger partial charge >= 0.3 is 0 Å². The predicted molar refractivity (Wildman–Crippen MR) is 132 cm³/mol. The molecule has 5 heteroatoms. The van der Waals surface area contributed by atoms with Crippen LogP contribution in [0, 0.1) is 20.8 Å². The second-order valence-corrected chi connectivity index (χ2v) is 8.86. The molecular weight excluding hydrogens is 398 g/mol. The van der Waals surface area contributed by atoms with Gasteiger partial charge in [0.15, 0.2) is 6.61 Å². The Morgan fingerprint density at radius 1 is 1.12 bits per heavy atom. The molecule has 0 saturated carbocycles. The third-order valence-corrected chi connectivity index (χ3v) is 6.36. The fourth-order valence-electron chi connectivity index (χ4n) is 4.81. The SMILES string of the molecule is CCC1CCCCN1c1ccc2cccc(OCC(=O)Nc3c(C)cc(C)cc3C)c2n1. The van der Waals surface area contributed by atoms with Crippen molar-refractivity contribution in [2.45, 2.75) is 59.4 Å². The zero-order valence-electron chi connectivity index (χ0n) is 19.6. The number of carbonyl (C=O) groups is 1. The molecule has 0 aliphatic carbocycles. The summed E-state index contributed by atoms with van der Waals surface area (Å²) >= 11 is 0. The number of pyridine rings is 1. The van der Waals surface area contributed by atoms with Gasteiger partial charge in [0.1, 0.15) is 17.1 Å². The van der Waals surface area contributed by atoms with Crippen LogP contribution in [0.15, 0.2) is 42.5 Å². The first-order chi connectivity index (χ1) is 15.5. The number of anilines is 2. The molecule has 1 unspecified atom stereocenters. The fraction of sp³-hybridized carbons (Fsp3) is 0.407. The van der Waals surface area contributed by atoms with Gasteiger partial charge in [-0.25, -0.2) is 4.98 Å². The zero-order valence-corrected chi connectivity index (χ0v) is 19.6. The zero-order chi connectivity index (χ0) is 22.7. The molecule has 32 heavy (non-hydrogen) atoms. The highest BCUT2D eigenvalue weighted by Crippen LogP contribution is 2.30. The van der Waals surface area contributed by atoms with Gasteiger partial charge in [0.05, 0.1) is 0 Å². The maximum Gasteiger partial charge on any atom is 0.262 e. The third kappa shape index (κ3) is 4.72. The maximum absolute atomic E-state index is 12.6. The van der Waals surface area contributed by atoms with E-state index in [1.165, 1.54) is 24.8 Å². The van der Waals surface area contributed by atoms with Crippen LogP contribution in [-0.2, 0) is 4.79 Å². The number of hydrogen-bond donors (Lipinski definition) is 1. The number of ether oxygens (including phenoxy) is 1. The molecule has 1 atom stereocenters. The highest BCUT2D eigenvalue weighted by molar-refractivity contribution is 5.94. The number of aryl methyl sites for hydroxylation is 3. The van der Waals surface area contributed by atoms with Crippen LogP contribution >= 0.6 is 0 Å². The summed E-state index contributed by atoms with van der Waals surface area (Å²) in [6, 6.07) is 14.8. The quantitative estimate of drug-likeness (QED) is 0.524. The molecule has 1 N–H and O–H groups in total. The second kappa shape index (κ2) is 9.60. The van der Waals surface area contributed by atoms with Crippen molar-refractivity contribution in [3.63, 3.8) is 0 Å². The number of fused-ring (bicyclic) bond motifs is 1. The van der Waals surface area contributed by atoms with E-state index in [1.54, 1.807) is 0 Å². The number of hydrogen-bond acceptors (Lipinski definition) is 4. The molecule has 1 aromatic heterocycles. The van der Waals surface area contributed by atoms with Crippen LogP contribution in [0.1, 0.15) is 49.3 Å². The molecule has 1 saturated heterocycles. The van der Waals surface area contributed by atoms with Gasteiger partial charge in [-0.15, -0.1) is 0 Å². The van der Waals surface area contributed by atoms with E-state index in [1.807, 2.05) is 32.0 Å². The Morgan fingerprint density at radius 2 is 1.91 bits per heavy atom. The molecule has 0 bridgehead atoms. The van der Waals surface area contributed by atoms with Crippen molar-refractivity contribution in [1.29, 1.82) is 0 Å². The molecular formula is C27H33N3O2.